The highest BCUT2D eigenvalue weighted by molar-refractivity contribution is 7.12. The monoisotopic (exact) mass is 295 g/mol. The maximum absolute atomic E-state index is 10.9. The Morgan fingerprint density at radius 1 is 1.55 bits per heavy atom. The third-order valence-electron chi connectivity index (χ3n) is 4.38. The van der Waals surface area contributed by atoms with Crippen LogP contribution in [-0.2, 0) is 11.3 Å². The molecule has 1 aliphatic heterocycles. The Labute approximate surface area is 125 Å². The molecule has 1 aliphatic rings. The van der Waals surface area contributed by atoms with Crippen LogP contribution >= 0.6 is 11.3 Å². The molecule has 112 valence electrons. The maximum atomic E-state index is 10.9. The van der Waals surface area contributed by atoms with Gasteiger partial charge in [-0.15, -0.1) is 11.3 Å². The van der Waals surface area contributed by atoms with Gasteiger partial charge < -0.3 is 5.11 Å². The molecule has 0 spiro atoms. The van der Waals surface area contributed by atoms with Gasteiger partial charge in [0.05, 0.1) is 0 Å². The topological polar surface area (TPSA) is 40.5 Å². The number of hydrogen-bond acceptors (Lipinski definition) is 3. The number of aliphatic carboxylic acids is 1. The fourth-order valence-electron chi connectivity index (χ4n) is 3.22. The SMILES string of the molecule is Cc1cc(CN2CCCC(C(C)CC(=O)O)C2)c(C)s1. The van der Waals surface area contributed by atoms with Crippen LogP contribution in [0.1, 0.15) is 41.5 Å². The number of rotatable bonds is 5. The van der Waals surface area contributed by atoms with Gasteiger partial charge in [-0.25, -0.2) is 0 Å². The molecule has 2 heterocycles. The van der Waals surface area contributed by atoms with Crippen LogP contribution in [-0.4, -0.2) is 29.1 Å². The summed E-state index contributed by atoms with van der Waals surface area (Å²) in [6.45, 7) is 9.65. The second-order valence-corrected chi connectivity index (χ2v) is 7.61. The van der Waals surface area contributed by atoms with Crippen molar-refractivity contribution in [2.24, 2.45) is 11.8 Å². The van der Waals surface area contributed by atoms with E-state index in [1.807, 2.05) is 11.3 Å². The number of carboxylic acids is 1. The van der Waals surface area contributed by atoms with E-state index >= 15 is 0 Å². The lowest BCUT2D eigenvalue weighted by Crippen LogP contribution is -2.37. The molecule has 20 heavy (non-hydrogen) atoms. The number of carbonyl (C=O) groups is 1. The molecule has 4 heteroatoms. The zero-order valence-corrected chi connectivity index (χ0v) is 13.5. The minimum atomic E-state index is -0.668. The summed E-state index contributed by atoms with van der Waals surface area (Å²) in [5, 5.41) is 8.94. The van der Waals surface area contributed by atoms with Crippen molar-refractivity contribution in [1.29, 1.82) is 0 Å². The maximum Gasteiger partial charge on any atom is 0.303 e. The normalized spacial score (nSPS) is 21.9. The van der Waals surface area contributed by atoms with E-state index in [0.717, 1.165) is 19.6 Å². The molecule has 0 radical (unpaired) electrons. The van der Waals surface area contributed by atoms with Gasteiger partial charge in [-0.05, 0) is 56.7 Å². The second kappa shape index (κ2) is 6.72. The van der Waals surface area contributed by atoms with Gasteiger partial charge in [-0.2, -0.15) is 0 Å². The highest BCUT2D eigenvalue weighted by Crippen LogP contribution is 2.28. The number of aryl methyl sites for hydroxylation is 2. The first kappa shape index (κ1) is 15.5. The molecular formula is C16H25NO2S. The molecule has 2 atom stereocenters. The molecule has 1 N–H and O–H groups in total. The van der Waals surface area contributed by atoms with Gasteiger partial charge >= 0.3 is 5.97 Å². The Kier molecular flexibility index (Phi) is 5.22. The van der Waals surface area contributed by atoms with E-state index < -0.39 is 5.97 Å². The Morgan fingerprint density at radius 2 is 2.30 bits per heavy atom. The molecule has 0 amide bonds. The summed E-state index contributed by atoms with van der Waals surface area (Å²) in [5.41, 5.74) is 1.44. The van der Waals surface area contributed by atoms with Crippen LogP contribution in [0.25, 0.3) is 0 Å². The number of thiophene rings is 1. The molecule has 0 aliphatic carbocycles. The Bertz CT molecular complexity index is 469. The lowest BCUT2D eigenvalue weighted by molar-refractivity contribution is -0.138. The van der Waals surface area contributed by atoms with E-state index in [0.29, 0.717) is 12.3 Å². The van der Waals surface area contributed by atoms with E-state index in [1.165, 1.54) is 28.2 Å². The minimum absolute atomic E-state index is 0.278. The van der Waals surface area contributed by atoms with Gasteiger partial charge in [0.2, 0.25) is 0 Å². The van der Waals surface area contributed by atoms with Gasteiger partial charge in [0.1, 0.15) is 0 Å². The van der Waals surface area contributed by atoms with Crippen LogP contribution < -0.4 is 0 Å². The van der Waals surface area contributed by atoms with Crippen LogP contribution in [0.15, 0.2) is 6.07 Å². The molecule has 1 aromatic rings. The number of carboxylic acid groups (broad SMARTS) is 1. The van der Waals surface area contributed by atoms with Gasteiger partial charge in [0.15, 0.2) is 0 Å². The summed E-state index contributed by atoms with van der Waals surface area (Å²) >= 11 is 1.87. The molecule has 2 rings (SSSR count). The van der Waals surface area contributed by atoms with Crippen molar-refractivity contribution in [2.75, 3.05) is 13.1 Å². The predicted octanol–water partition coefficient (Wildman–Crippen LogP) is 3.69. The van der Waals surface area contributed by atoms with Crippen molar-refractivity contribution in [2.45, 2.75) is 46.6 Å². The van der Waals surface area contributed by atoms with Gasteiger partial charge in [0, 0.05) is 29.3 Å². The molecule has 2 unspecified atom stereocenters. The van der Waals surface area contributed by atoms with Crippen LogP contribution in [0.5, 0.6) is 0 Å². The second-order valence-electron chi connectivity index (χ2n) is 6.15. The molecular weight excluding hydrogens is 270 g/mol. The molecule has 1 fully saturated rings. The first-order chi connectivity index (χ1) is 9.45. The van der Waals surface area contributed by atoms with Crippen molar-refractivity contribution in [3.8, 4) is 0 Å². The number of likely N-dealkylation sites (tertiary alicyclic amines) is 1. The smallest absolute Gasteiger partial charge is 0.303 e. The lowest BCUT2D eigenvalue weighted by Gasteiger charge is -2.35. The Balaban J connectivity index is 1.93. The van der Waals surface area contributed by atoms with Crippen molar-refractivity contribution >= 4 is 17.3 Å². The predicted molar refractivity (Wildman–Crippen MR) is 83.2 cm³/mol. The summed E-state index contributed by atoms with van der Waals surface area (Å²) in [4.78, 5) is 16.2. The standard InChI is InChI=1S/C16H25NO2S/c1-11(7-16(18)19)14-5-4-6-17(9-14)10-15-8-12(2)20-13(15)3/h8,11,14H,4-7,9-10H2,1-3H3,(H,18,19). The largest absolute Gasteiger partial charge is 0.481 e. The Morgan fingerprint density at radius 3 is 2.90 bits per heavy atom. The van der Waals surface area contributed by atoms with Gasteiger partial charge in [-0.3, -0.25) is 9.69 Å². The summed E-state index contributed by atoms with van der Waals surface area (Å²) in [7, 11) is 0. The first-order valence-corrected chi connectivity index (χ1v) is 8.27. The van der Waals surface area contributed by atoms with Crippen LogP contribution in [0, 0.1) is 25.7 Å². The molecule has 0 bridgehead atoms. The number of hydrogen-bond donors (Lipinski definition) is 1. The van der Waals surface area contributed by atoms with Crippen molar-refractivity contribution in [1.82, 2.24) is 4.90 Å². The molecule has 1 saturated heterocycles. The summed E-state index contributed by atoms with van der Waals surface area (Å²) in [5.74, 6) is 0.138. The van der Waals surface area contributed by atoms with Crippen molar-refractivity contribution in [3.63, 3.8) is 0 Å². The van der Waals surface area contributed by atoms with E-state index in [4.69, 9.17) is 5.11 Å². The third-order valence-corrected chi connectivity index (χ3v) is 5.39. The highest BCUT2D eigenvalue weighted by Gasteiger charge is 2.26. The van der Waals surface area contributed by atoms with E-state index in [-0.39, 0.29) is 5.92 Å². The fraction of sp³-hybridized carbons (Fsp3) is 0.688. The van der Waals surface area contributed by atoms with E-state index in [9.17, 15) is 4.79 Å². The van der Waals surface area contributed by atoms with E-state index in [1.54, 1.807) is 0 Å². The fourth-order valence-corrected chi connectivity index (χ4v) is 4.16. The molecule has 0 saturated carbocycles. The molecule has 1 aromatic heterocycles. The quantitative estimate of drug-likeness (QED) is 0.900. The zero-order chi connectivity index (χ0) is 14.7. The van der Waals surface area contributed by atoms with Gasteiger partial charge in [0.25, 0.3) is 0 Å². The Hall–Kier alpha value is -0.870. The molecule has 0 aromatic carbocycles. The van der Waals surface area contributed by atoms with Crippen LogP contribution in [0.2, 0.25) is 0 Å². The summed E-state index contributed by atoms with van der Waals surface area (Å²) < 4.78 is 0. The van der Waals surface area contributed by atoms with E-state index in [2.05, 4.69) is 31.7 Å². The third kappa shape index (κ3) is 4.06. The number of nitrogens with zero attached hydrogens (tertiary/aromatic N) is 1. The summed E-state index contributed by atoms with van der Waals surface area (Å²) in [6.07, 6.45) is 2.67. The average molecular weight is 295 g/mol. The molecule has 3 nitrogen and oxygen atoms in total. The lowest BCUT2D eigenvalue weighted by atomic mass is 9.84. The zero-order valence-electron chi connectivity index (χ0n) is 12.7. The average Bonchev–Trinajstić information content (AvgIpc) is 2.67. The van der Waals surface area contributed by atoms with Crippen LogP contribution in [0.3, 0.4) is 0 Å². The highest BCUT2D eigenvalue weighted by atomic mass is 32.1. The number of piperidine rings is 1. The first-order valence-electron chi connectivity index (χ1n) is 7.45. The van der Waals surface area contributed by atoms with Gasteiger partial charge in [-0.1, -0.05) is 6.92 Å². The van der Waals surface area contributed by atoms with Crippen molar-refractivity contribution < 1.29 is 9.90 Å². The minimum Gasteiger partial charge on any atom is -0.481 e. The van der Waals surface area contributed by atoms with Crippen LogP contribution in [0.4, 0.5) is 0 Å². The summed E-state index contributed by atoms with van der Waals surface area (Å²) in [6, 6.07) is 2.30. The van der Waals surface area contributed by atoms with Crippen molar-refractivity contribution in [3.05, 3.63) is 21.4 Å².